The van der Waals surface area contributed by atoms with Crippen LogP contribution in [0, 0.1) is 0 Å². The van der Waals surface area contributed by atoms with Gasteiger partial charge in [0.05, 0.1) is 6.42 Å². The Morgan fingerprint density at radius 1 is 1.73 bits per heavy atom. The molecular weight excluding hydrogens is 148 g/mol. The number of amides is 3. The molecule has 0 bridgehead atoms. The third kappa shape index (κ3) is 1.47. The summed E-state index contributed by atoms with van der Waals surface area (Å²) in [5.41, 5.74) is 2.31. The molecule has 1 aliphatic rings. The number of nitrogens with one attached hydrogen (secondary N) is 2. The Morgan fingerprint density at radius 3 is 2.82 bits per heavy atom. The molecule has 62 valence electrons. The highest BCUT2D eigenvalue weighted by atomic mass is 16.2. The number of nitrogens with zero attached hydrogens (tertiary/aromatic N) is 1. The minimum Gasteiger partial charge on any atom is -0.321 e. The topological polar surface area (TPSA) is 87.5 Å². The van der Waals surface area contributed by atoms with Crippen LogP contribution in [-0.4, -0.2) is 30.1 Å². The summed E-state index contributed by atoms with van der Waals surface area (Å²) in [5, 5.41) is 2.48. The number of carbonyl (C=O) groups excluding carboxylic acids is 2. The normalized spacial score (nSPS) is 25.3. The third-order valence-corrected chi connectivity index (χ3v) is 1.56. The lowest BCUT2D eigenvalue weighted by Crippen LogP contribution is -2.59. The predicted molar refractivity (Wildman–Crippen MR) is 37.0 cm³/mol. The Hall–Kier alpha value is -1.14. The molecule has 4 N–H and O–H groups in total. The Balaban J connectivity index is 2.62. The maximum Gasteiger partial charge on any atom is 0.325 e. The largest absolute Gasteiger partial charge is 0.325 e. The highest BCUT2D eigenvalue weighted by Crippen LogP contribution is 2.01. The molecule has 1 aliphatic heterocycles. The first-order valence-corrected chi connectivity index (χ1v) is 3.18. The summed E-state index contributed by atoms with van der Waals surface area (Å²) in [6.07, 6.45) is -0.246. The van der Waals surface area contributed by atoms with Gasteiger partial charge in [0.25, 0.3) is 0 Å². The number of carbonyl (C=O) groups is 2. The second-order valence-corrected chi connectivity index (χ2v) is 2.33. The molecule has 0 aromatic heterocycles. The lowest BCUT2D eigenvalue weighted by atomic mass is 10.2. The first kappa shape index (κ1) is 7.96. The van der Waals surface area contributed by atoms with E-state index in [2.05, 4.69) is 10.7 Å². The SMILES string of the molecule is CN1C(=O)CC(NN)NC1=O. The summed E-state index contributed by atoms with van der Waals surface area (Å²) >= 11 is 0. The second-order valence-electron chi connectivity index (χ2n) is 2.33. The smallest absolute Gasteiger partial charge is 0.321 e. The zero-order valence-electron chi connectivity index (χ0n) is 6.13. The van der Waals surface area contributed by atoms with Crippen molar-refractivity contribution in [2.45, 2.75) is 12.6 Å². The number of hydrazine groups is 1. The summed E-state index contributed by atoms with van der Waals surface area (Å²) in [6.45, 7) is 0. The van der Waals surface area contributed by atoms with Crippen molar-refractivity contribution in [2.24, 2.45) is 5.84 Å². The molecule has 11 heavy (non-hydrogen) atoms. The van der Waals surface area contributed by atoms with Crippen molar-refractivity contribution < 1.29 is 9.59 Å². The highest BCUT2D eigenvalue weighted by Gasteiger charge is 2.27. The fraction of sp³-hybridized carbons (Fsp3) is 0.600. The molecule has 6 nitrogen and oxygen atoms in total. The van der Waals surface area contributed by atoms with E-state index in [1.165, 1.54) is 7.05 Å². The van der Waals surface area contributed by atoms with E-state index >= 15 is 0 Å². The van der Waals surface area contributed by atoms with Crippen molar-refractivity contribution in [1.29, 1.82) is 0 Å². The van der Waals surface area contributed by atoms with Crippen LogP contribution >= 0.6 is 0 Å². The van der Waals surface area contributed by atoms with Gasteiger partial charge in [0.15, 0.2) is 0 Å². The Morgan fingerprint density at radius 2 is 2.36 bits per heavy atom. The summed E-state index contributed by atoms with van der Waals surface area (Å²) in [5.74, 6) is 4.80. The summed E-state index contributed by atoms with van der Waals surface area (Å²) in [6, 6.07) is -0.427. The van der Waals surface area contributed by atoms with Crippen LogP contribution in [-0.2, 0) is 4.79 Å². The molecule has 1 atom stereocenters. The molecule has 0 saturated carbocycles. The van der Waals surface area contributed by atoms with Crippen molar-refractivity contribution in [2.75, 3.05) is 7.05 Å². The van der Waals surface area contributed by atoms with Crippen LogP contribution in [0.4, 0.5) is 4.79 Å². The molecule has 0 radical (unpaired) electrons. The van der Waals surface area contributed by atoms with E-state index < -0.39 is 12.2 Å². The first-order chi connectivity index (χ1) is 5.15. The number of rotatable bonds is 1. The van der Waals surface area contributed by atoms with E-state index in [9.17, 15) is 9.59 Å². The van der Waals surface area contributed by atoms with Crippen LogP contribution in [0.2, 0.25) is 0 Å². The average Bonchev–Trinajstić information content (AvgIpc) is 1.99. The molecule has 0 spiro atoms. The molecule has 1 rings (SSSR count). The summed E-state index contributed by atoms with van der Waals surface area (Å²) in [7, 11) is 1.42. The molecule has 1 saturated heterocycles. The Labute approximate surface area is 63.7 Å². The number of nitrogens with two attached hydrogens (primary N) is 1. The number of imide groups is 1. The number of hydrogen-bond acceptors (Lipinski definition) is 4. The Bertz CT molecular complexity index is 175. The maximum absolute atomic E-state index is 10.9. The van der Waals surface area contributed by atoms with Crippen molar-refractivity contribution in [3.05, 3.63) is 0 Å². The van der Waals surface area contributed by atoms with Gasteiger partial charge in [0.2, 0.25) is 5.91 Å². The fourth-order valence-electron chi connectivity index (χ4n) is 0.822. The van der Waals surface area contributed by atoms with E-state index in [0.29, 0.717) is 0 Å². The summed E-state index contributed by atoms with van der Waals surface area (Å²) in [4.78, 5) is 22.8. The standard InChI is InChI=1S/C5H10N4O2/c1-9-4(10)2-3(8-6)7-5(9)11/h3,8H,2,6H2,1H3,(H,7,11). The van der Waals surface area contributed by atoms with E-state index in [1.54, 1.807) is 0 Å². The summed E-state index contributed by atoms with van der Waals surface area (Å²) < 4.78 is 0. The minimum absolute atomic E-state index is 0.193. The van der Waals surface area contributed by atoms with Crippen molar-refractivity contribution in [3.63, 3.8) is 0 Å². The number of hydrogen-bond donors (Lipinski definition) is 3. The van der Waals surface area contributed by atoms with Gasteiger partial charge in [-0.25, -0.2) is 10.2 Å². The van der Waals surface area contributed by atoms with E-state index in [4.69, 9.17) is 5.84 Å². The molecule has 3 amide bonds. The first-order valence-electron chi connectivity index (χ1n) is 3.18. The van der Waals surface area contributed by atoms with Crippen LogP contribution in [0.3, 0.4) is 0 Å². The van der Waals surface area contributed by atoms with Crippen molar-refractivity contribution in [1.82, 2.24) is 15.6 Å². The van der Waals surface area contributed by atoms with Gasteiger partial charge in [-0.3, -0.25) is 15.5 Å². The van der Waals surface area contributed by atoms with Gasteiger partial charge < -0.3 is 5.32 Å². The monoisotopic (exact) mass is 158 g/mol. The van der Waals surface area contributed by atoms with Crippen LogP contribution in [0.15, 0.2) is 0 Å². The van der Waals surface area contributed by atoms with Crippen molar-refractivity contribution >= 4 is 11.9 Å². The molecular formula is C5H10N4O2. The van der Waals surface area contributed by atoms with Gasteiger partial charge >= 0.3 is 6.03 Å². The number of urea groups is 1. The lowest BCUT2D eigenvalue weighted by Gasteiger charge is -2.27. The minimum atomic E-state index is -0.439. The molecule has 6 heteroatoms. The fourth-order valence-corrected chi connectivity index (χ4v) is 0.822. The van der Waals surface area contributed by atoms with Crippen LogP contribution < -0.4 is 16.6 Å². The predicted octanol–water partition coefficient (Wildman–Crippen LogP) is -1.65. The molecule has 0 aromatic carbocycles. The van der Waals surface area contributed by atoms with Crippen LogP contribution in [0.25, 0.3) is 0 Å². The molecule has 1 heterocycles. The van der Waals surface area contributed by atoms with E-state index in [1.807, 2.05) is 0 Å². The zero-order chi connectivity index (χ0) is 8.43. The van der Waals surface area contributed by atoms with Gasteiger partial charge in [-0.05, 0) is 0 Å². The van der Waals surface area contributed by atoms with Crippen molar-refractivity contribution in [3.8, 4) is 0 Å². The molecule has 0 aromatic rings. The maximum atomic E-state index is 10.9. The van der Waals surface area contributed by atoms with E-state index in [-0.39, 0.29) is 12.3 Å². The highest BCUT2D eigenvalue weighted by molar-refractivity contribution is 5.96. The van der Waals surface area contributed by atoms with Gasteiger partial charge in [0, 0.05) is 7.05 Å². The second kappa shape index (κ2) is 2.85. The molecule has 1 unspecified atom stereocenters. The van der Waals surface area contributed by atoms with Gasteiger partial charge in [-0.1, -0.05) is 0 Å². The van der Waals surface area contributed by atoms with Crippen LogP contribution in [0.1, 0.15) is 6.42 Å². The lowest BCUT2D eigenvalue weighted by molar-refractivity contribution is -0.129. The van der Waals surface area contributed by atoms with Crippen LogP contribution in [0.5, 0.6) is 0 Å². The van der Waals surface area contributed by atoms with Gasteiger partial charge in [-0.2, -0.15) is 0 Å². The van der Waals surface area contributed by atoms with E-state index in [0.717, 1.165) is 4.90 Å². The quantitative estimate of drug-likeness (QED) is 0.315. The van der Waals surface area contributed by atoms with Gasteiger partial charge in [0.1, 0.15) is 6.17 Å². The Kier molecular flexibility index (Phi) is 2.06. The molecule has 0 aliphatic carbocycles. The molecule has 1 fully saturated rings. The van der Waals surface area contributed by atoms with Gasteiger partial charge in [-0.15, -0.1) is 0 Å². The zero-order valence-corrected chi connectivity index (χ0v) is 6.13. The third-order valence-electron chi connectivity index (χ3n) is 1.56. The average molecular weight is 158 g/mol.